The zero-order valence-electron chi connectivity index (χ0n) is 17.8. The molecule has 0 aliphatic carbocycles. The first kappa shape index (κ1) is 23.4. The Balaban J connectivity index is 1.62. The summed E-state index contributed by atoms with van der Waals surface area (Å²) >= 11 is 1.26. The number of carbonyl (C=O) groups excluding carboxylic acids is 1. The molecule has 3 rings (SSSR count). The molecule has 1 atom stereocenters. The van der Waals surface area contributed by atoms with Crippen molar-refractivity contribution < 1.29 is 22.7 Å². The topological polar surface area (TPSA) is 97.8 Å². The number of hydrogen-bond acceptors (Lipinski definition) is 7. The Morgan fingerprint density at radius 2 is 1.81 bits per heavy atom. The Morgan fingerprint density at radius 3 is 2.42 bits per heavy atom. The number of nitrogens with zero attached hydrogens (tertiary/aromatic N) is 2. The number of nitrogens with one attached hydrogen (secondary N) is 1. The number of benzene rings is 1. The summed E-state index contributed by atoms with van der Waals surface area (Å²) in [6, 6.07) is 8.33. The summed E-state index contributed by atoms with van der Waals surface area (Å²) < 4.78 is 37.4. The summed E-state index contributed by atoms with van der Waals surface area (Å²) in [5.74, 6) is 0.892. The molecule has 0 bridgehead atoms. The SMILES string of the molecule is COc1ccc(NC(=O)C(C)Sc2ccc(S(=O)(=O)N3CCCCC3)cn2)cc1OC. The van der Waals surface area contributed by atoms with Gasteiger partial charge in [-0.3, -0.25) is 4.79 Å². The minimum Gasteiger partial charge on any atom is -0.493 e. The van der Waals surface area contributed by atoms with Crippen LogP contribution >= 0.6 is 11.8 Å². The number of ether oxygens (including phenoxy) is 2. The molecule has 1 aromatic carbocycles. The van der Waals surface area contributed by atoms with Crippen molar-refractivity contribution in [3.05, 3.63) is 36.5 Å². The van der Waals surface area contributed by atoms with Gasteiger partial charge in [-0.2, -0.15) is 4.31 Å². The van der Waals surface area contributed by atoms with Gasteiger partial charge in [-0.15, -0.1) is 0 Å². The highest BCUT2D eigenvalue weighted by Gasteiger charge is 2.26. The molecule has 31 heavy (non-hydrogen) atoms. The van der Waals surface area contributed by atoms with Crippen LogP contribution in [0.4, 0.5) is 5.69 Å². The van der Waals surface area contributed by atoms with Crippen molar-refractivity contribution in [1.82, 2.24) is 9.29 Å². The van der Waals surface area contributed by atoms with Gasteiger partial charge in [0, 0.05) is 31.0 Å². The third-order valence-corrected chi connectivity index (χ3v) is 7.91. The Kier molecular flexibility index (Phi) is 7.79. The van der Waals surface area contributed by atoms with E-state index < -0.39 is 15.3 Å². The van der Waals surface area contributed by atoms with Crippen LogP contribution in [0, 0.1) is 0 Å². The molecule has 168 valence electrons. The van der Waals surface area contributed by atoms with Crippen LogP contribution < -0.4 is 14.8 Å². The lowest BCUT2D eigenvalue weighted by Gasteiger charge is -2.25. The second-order valence-electron chi connectivity index (χ2n) is 7.12. The molecule has 1 aromatic heterocycles. The summed E-state index contributed by atoms with van der Waals surface area (Å²) in [5, 5.41) is 2.98. The number of sulfonamides is 1. The lowest BCUT2D eigenvalue weighted by Crippen LogP contribution is -2.35. The smallest absolute Gasteiger partial charge is 0.244 e. The van der Waals surface area contributed by atoms with Gasteiger partial charge in [0.25, 0.3) is 0 Å². The second kappa shape index (κ2) is 10.3. The Morgan fingerprint density at radius 1 is 1.10 bits per heavy atom. The van der Waals surface area contributed by atoms with Crippen molar-refractivity contribution in [2.24, 2.45) is 0 Å². The summed E-state index contributed by atoms with van der Waals surface area (Å²) in [6.07, 6.45) is 4.19. The number of piperidine rings is 1. The van der Waals surface area contributed by atoms with Crippen LogP contribution in [-0.2, 0) is 14.8 Å². The monoisotopic (exact) mass is 465 g/mol. The molecule has 2 heterocycles. The number of thioether (sulfide) groups is 1. The van der Waals surface area contributed by atoms with Crippen LogP contribution in [0.2, 0.25) is 0 Å². The summed E-state index contributed by atoms with van der Waals surface area (Å²) in [5.41, 5.74) is 0.589. The predicted molar refractivity (Wildman–Crippen MR) is 120 cm³/mol. The summed E-state index contributed by atoms with van der Waals surface area (Å²) in [6.45, 7) is 2.86. The van der Waals surface area contributed by atoms with E-state index in [2.05, 4.69) is 10.3 Å². The average Bonchev–Trinajstić information content (AvgIpc) is 2.79. The Hall–Kier alpha value is -2.30. The number of hydrogen-bond donors (Lipinski definition) is 1. The highest BCUT2D eigenvalue weighted by atomic mass is 32.2. The first-order chi connectivity index (χ1) is 14.8. The van der Waals surface area contributed by atoms with Crippen LogP contribution in [0.5, 0.6) is 11.5 Å². The highest BCUT2D eigenvalue weighted by molar-refractivity contribution is 8.00. The van der Waals surface area contributed by atoms with Crippen LogP contribution in [0.3, 0.4) is 0 Å². The molecule has 2 aromatic rings. The van der Waals surface area contributed by atoms with Crippen molar-refractivity contribution >= 4 is 33.4 Å². The Bertz CT molecular complexity index is 1010. The largest absolute Gasteiger partial charge is 0.493 e. The van der Waals surface area contributed by atoms with Crippen LogP contribution in [0.1, 0.15) is 26.2 Å². The molecule has 1 amide bonds. The van der Waals surface area contributed by atoms with Gasteiger partial charge < -0.3 is 14.8 Å². The molecule has 0 spiro atoms. The standard InChI is InChI=1S/C21H27N3O5S2/c1-15(21(25)23-16-7-9-18(28-2)19(13-16)29-3)30-20-10-8-17(14-22-20)31(26,27)24-11-5-4-6-12-24/h7-10,13-15H,4-6,11-12H2,1-3H3,(H,23,25). The van der Waals surface area contributed by atoms with E-state index in [4.69, 9.17) is 9.47 Å². The molecule has 0 saturated carbocycles. The third-order valence-electron chi connectivity index (χ3n) is 4.98. The van der Waals surface area contributed by atoms with E-state index in [0.29, 0.717) is 35.3 Å². The summed E-state index contributed by atoms with van der Waals surface area (Å²) in [7, 11) is -0.440. The molecule has 1 N–H and O–H groups in total. The first-order valence-corrected chi connectivity index (χ1v) is 12.3. The van der Waals surface area contributed by atoms with E-state index in [9.17, 15) is 13.2 Å². The lowest BCUT2D eigenvalue weighted by molar-refractivity contribution is -0.115. The van der Waals surface area contributed by atoms with Crippen LogP contribution in [-0.4, -0.2) is 56.2 Å². The van der Waals surface area contributed by atoms with Crippen molar-refractivity contribution in [1.29, 1.82) is 0 Å². The van der Waals surface area contributed by atoms with Gasteiger partial charge in [-0.1, -0.05) is 18.2 Å². The van der Waals surface area contributed by atoms with Gasteiger partial charge in [0.1, 0.15) is 4.90 Å². The molecule has 8 nitrogen and oxygen atoms in total. The molecule has 10 heteroatoms. The van der Waals surface area contributed by atoms with E-state index in [1.807, 2.05) is 0 Å². The molecule has 1 fully saturated rings. The maximum atomic E-state index is 12.7. The van der Waals surface area contributed by atoms with Crippen molar-refractivity contribution in [3.63, 3.8) is 0 Å². The van der Waals surface area contributed by atoms with Crippen molar-refractivity contribution in [2.75, 3.05) is 32.6 Å². The zero-order chi connectivity index (χ0) is 22.4. The number of pyridine rings is 1. The normalized spacial score (nSPS) is 15.8. The lowest BCUT2D eigenvalue weighted by atomic mass is 10.2. The number of rotatable bonds is 8. The average molecular weight is 466 g/mol. The van der Waals surface area contributed by atoms with E-state index in [1.165, 1.54) is 29.4 Å². The molecular weight excluding hydrogens is 438 g/mol. The minimum atomic E-state index is -3.52. The van der Waals surface area contributed by atoms with E-state index >= 15 is 0 Å². The summed E-state index contributed by atoms with van der Waals surface area (Å²) in [4.78, 5) is 17.0. The van der Waals surface area contributed by atoms with E-state index in [-0.39, 0.29) is 10.8 Å². The number of aromatic nitrogens is 1. The van der Waals surface area contributed by atoms with Crippen molar-refractivity contribution in [3.8, 4) is 11.5 Å². The zero-order valence-corrected chi connectivity index (χ0v) is 19.5. The maximum Gasteiger partial charge on any atom is 0.244 e. The fraction of sp³-hybridized carbons (Fsp3) is 0.429. The quantitative estimate of drug-likeness (QED) is 0.597. The second-order valence-corrected chi connectivity index (χ2v) is 10.4. The molecule has 1 unspecified atom stereocenters. The molecular formula is C21H27N3O5S2. The van der Waals surface area contributed by atoms with E-state index in [0.717, 1.165) is 19.3 Å². The number of anilines is 1. The van der Waals surface area contributed by atoms with E-state index in [1.54, 1.807) is 44.4 Å². The molecule has 1 aliphatic heterocycles. The van der Waals surface area contributed by atoms with Crippen LogP contribution in [0.25, 0.3) is 0 Å². The molecule has 0 radical (unpaired) electrons. The van der Waals surface area contributed by atoms with Gasteiger partial charge in [0.2, 0.25) is 15.9 Å². The van der Waals surface area contributed by atoms with Gasteiger partial charge in [-0.05, 0) is 44.0 Å². The van der Waals surface area contributed by atoms with Gasteiger partial charge in [0.15, 0.2) is 11.5 Å². The Labute approximate surface area is 187 Å². The molecule has 1 aliphatic rings. The fourth-order valence-corrected chi connectivity index (χ4v) is 5.49. The van der Waals surface area contributed by atoms with Crippen molar-refractivity contribution in [2.45, 2.75) is 41.4 Å². The molecule has 1 saturated heterocycles. The maximum absolute atomic E-state index is 12.7. The van der Waals surface area contributed by atoms with Crippen LogP contribution in [0.15, 0.2) is 46.5 Å². The fourth-order valence-electron chi connectivity index (χ4n) is 3.24. The number of methoxy groups -OCH3 is 2. The van der Waals surface area contributed by atoms with Gasteiger partial charge in [0.05, 0.1) is 24.5 Å². The van der Waals surface area contributed by atoms with Gasteiger partial charge in [-0.25, -0.2) is 13.4 Å². The number of carbonyl (C=O) groups is 1. The first-order valence-electron chi connectivity index (χ1n) is 10.0. The third kappa shape index (κ3) is 5.69. The highest BCUT2D eigenvalue weighted by Crippen LogP contribution is 2.30. The van der Waals surface area contributed by atoms with Gasteiger partial charge >= 0.3 is 0 Å². The minimum absolute atomic E-state index is 0.182. The predicted octanol–water partition coefficient (Wildman–Crippen LogP) is 3.39. The number of amides is 1.